The van der Waals surface area contributed by atoms with Gasteiger partial charge in [0, 0.05) is 41.9 Å². The predicted molar refractivity (Wildman–Crippen MR) is 385 cm³/mol. The number of ether oxygens (including phenoxy) is 7. The molecule has 0 aromatic heterocycles. The first-order valence-corrected chi connectivity index (χ1v) is 38.5. The third-order valence-corrected chi connectivity index (χ3v) is 30.3. The Bertz CT molecular complexity index is 3390. The van der Waals surface area contributed by atoms with Gasteiger partial charge in [-0.05, 0) is 174 Å². The lowest BCUT2D eigenvalue weighted by Crippen LogP contribution is -2.70. The van der Waals surface area contributed by atoms with Gasteiger partial charge in [-0.15, -0.1) is 11.6 Å². The lowest BCUT2D eigenvalue weighted by molar-refractivity contribution is -0.263. The Morgan fingerprint density at radius 2 is 0.950 bits per heavy atom. The van der Waals surface area contributed by atoms with E-state index < -0.39 is 41.2 Å². The van der Waals surface area contributed by atoms with Crippen molar-refractivity contribution < 1.29 is 72.1 Å². The zero-order chi connectivity index (χ0) is 73.1. The molecule has 2 heterocycles. The molecular weight excluding hydrogens is 1280 g/mol. The van der Waals surface area contributed by atoms with Crippen molar-refractivity contribution >= 4 is 47.4 Å². The molecule has 8 fully saturated rings. The number of carboxylic acids is 1. The summed E-state index contributed by atoms with van der Waals surface area (Å²) in [4.78, 5) is 76.2. The zero-order valence-electron chi connectivity index (χ0n) is 63.4. The average molecular weight is 1410 g/mol. The molecule has 100 heavy (non-hydrogen) atoms. The Labute approximate surface area is 602 Å². The molecule has 2 aliphatic heterocycles. The number of halogens is 1. The van der Waals surface area contributed by atoms with Crippen LogP contribution in [0.1, 0.15) is 219 Å². The largest absolute Gasteiger partial charge is 0.480 e. The molecule has 0 amide bonds. The Hall–Kier alpha value is -5.09. The number of carbonyl (C=O) groups is 6. The van der Waals surface area contributed by atoms with E-state index in [0.29, 0.717) is 82.4 Å². The molecule has 2 saturated heterocycles. The number of benzene rings is 2. The lowest BCUT2D eigenvalue weighted by atomic mass is 9.34. The lowest BCUT2D eigenvalue weighted by Gasteiger charge is -2.71. The summed E-state index contributed by atoms with van der Waals surface area (Å²) in [6.45, 7) is 40.1. The minimum absolute atomic E-state index is 0.0599. The average Bonchev–Trinajstić information content (AvgIpc) is 0.677. The van der Waals surface area contributed by atoms with Crippen molar-refractivity contribution in [2.75, 3.05) is 32.3 Å². The van der Waals surface area contributed by atoms with Crippen molar-refractivity contribution in [1.82, 2.24) is 0 Å². The molecule has 6 saturated carbocycles. The van der Waals surface area contributed by atoms with E-state index in [1.54, 1.807) is 0 Å². The van der Waals surface area contributed by atoms with E-state index >= 15 is 0 Å². The second kappa shape index (κ2) is 29.1. The van der Waals surface area contributed by atoms with Crippen LogP contribution in [0.15, 0.2) is 84.0 Å². The molecule has 2 N–H and O–H groups in total. The smallest absolute Gasteiger partial charge is 0.318 e. The van der Waals surface area contributed by atoms with Gasteiger partial charge in [-0.1, -0.05) is 188 Å². The van der Waals surface area contributed by atoms with E-state index in [1.165, 1.54) is 25.0 Å². The molecule has 12 rings (SSSR count). The van der Waals surface area contributed by atoms with Crippen molar-refractivity contribution in [3.8, 4) is 0 Å². The molecule has 15 nitrogen and oxygen atoms in total. The maximum atomic E-state index is 14.7. The molecule has 2 aromatic carbocycles. The van der Waals surface area contributed by atoms with Crippen LogP contribution < -0.4 is 0 Å². The SMILES string of the molecule is CC(=O)O[C@@H]1C[C@@]23COC[C@@](C)([C@@H]2CC[C@H]2C3=CC[C@@]3(C)[C@H](C(=O)OCc4ccccc4)[C@@](C)([C@H](C)C(C)C)CC[C@]23C)[C@H]1O.CCCC(=O)O[C@H]1[C@H](OC(C)=O)C[C@@]23COC[C@@]1(C)[C@@H]2CC[C@H]1C3=CC[C@@]2(C)[C@H](C(=O)OCc3ccccc3)[C@@](C)([C@H](C)C(C)C)CC[C@]12C.O=C(O)CCl. The standard InChI is InChI=1S/C43H62O7.C39H56O6.C2H3ClO2/c1-10-14-35(45)50-37-33(49-29(5)44)23-43-26-47-25-40(37,7)34(43)18-17-31-32(43)19-20-42(9)36(38(46)48-24-30-15-12-11-13-16-30)39(6,28(4)27(2)3)21-22-41(31,42)8;1-24(2)25(3)35(5)18-19-37(7)28-14-15-31-36(6)22-43-23-39(31,20-30(33(36)41)45-26(4)40)29(28)16-17-38(37,8)32(35)34(42)44-21-27-12-10-9-11-13-27;3-1-2(4)5/h11-13,15-16,19,27-28,31,33-34,36-37H,10,14,17-18,20-26H2,1-9H3;9-13,16,24-25,28,30-33,41H,14-15,17-23H2,1-8H3;1H2,(H,4,5)/t28-,31+,33-,34+,36-,37+,39-,40+,41-,42+,43+;25-,28+,30-,31+,32-,33+,35-,36+,37-,38+,39+;/m11./s1. The molecule has 0 radical (unpaired) electrons. The Morgan fingerprint density at radius 3 is 1.35 bits per heavy atom. The third kappa shape index (κ3) is 13.0. The predicted octanol–water partition coefficient (Wildman–Crippen LogP) is 16.7. The van der Waals surface area contributed by atoms with E-state index in [1.807, 2.05) is 67.6 Å². The molecule has 10 aliphatic rings. The molecule has 4 bridgehead atoms. The number of fused-ring (bicyclic) bond motifs is 6. The highest BCUT2D eigenvalue weighted by molar-refractivity contribution is 6.26. The maximum absolute atomic E-state index is 14.7. The molecule has 0 spiro atoms. The van der Waals surface area contributed by atoms with Crippen LogP contribution in [0.4, 0.5) is 0 Å². The van der Waals surface area contributed by atoms with Crippen molar-refractivity contribution in [3.05, 3.63) is 95.1 Å². The van der Waals surface area contributed by atoms with Gasteiger partial charge < -0.3 is 43.4 Å². The second-order valence-corrected chi connectivity index (χ2v) is 35.8. The first-order chi connectivity index (χ1) is 47.0. The highest BCUT2D eigenvalue weighted by atomic mass is 35.5. The van der Waals surface area contributed by atoms with E-state index in [0.717, 1.165) is 75.3 Å². The Kier molecular flexibility index (Phi) is 22.6. The van der Waals surface area contributed by atoms with Crippen LogP contribution in [0.5, 0.6) is 0 Å². The van der Waals surface area contributed by atoms with Crippen LogP contribution in [0.2, 0.25) is 0 Å². The summed E-state index contributed by atoms with van der Waals surface area (Å²) in [6.07, 6.45) is 14.4. The number of carbonyl (C=O) groups excluding carboxylic acids is 5. The first-order valence-electron chi connectivity index (χ1n) is 38.0. The first kappa shape index (κ1) is 77.5. The minimum Gasteiger partial charge on any atom is -0.480 e. The van der Waals surface area contributed by atoms with Gasteiger partial charge in [0.1, 0.15) is 37.4 Å². The van der Waals surface area contributed by atoms with E-state index in [-0.39, 0.29) is 121 Å². The highest BCUT2D eigenvalue weighted by Gasteiger charge is 2.75. The number of alkyl halides is 1. The van der Waals surface area contributed by atoms with Crippen LogP contribution in [-0.4, -0.2) is 103 Å². The number of allylic oxidation sites excluding steroid dienone is 2. The van der Waals surface area contributed by atoms with Crippen LogP contribution in [0.3, 0.4) is 0 Å². The minimum atomic E-state index is -0.980. The van der Waals surface area contributed by atoms with Gasteiger partial charge >= 0.3 is 35.8 Å². The van der Waals surface area contributed by atoms with Crippen LogP contribution >= 0.6 is 11.6 Å². The number of rotatable bonds is 16. The van der Waals surface area contributed by atoms with Gasteiger partial charge in [0.2, 0.25) is 0 Å². The van der Waals surface area contributed by atoms with E-state index in [9.17, 15) is 33.9 Å². The molecule has 16 heteroatoms. The molecular formula is C84H121ClO15. The fourth-order valence-electron chi connectivity index (χ4n) is 24.0. The van der Waals surface area contributed by atoms with Gasteiger partial charge in [0.05, 0.1) is 44.4 Å². The summed E-state index contributed by atoms with van der Waals surface area (Å²) in [5.74, 6) is -0.271. The number of esters is 5. The fraction of sp³-hybridized carbons (Fsp3) is 0.738. The van der Waals surface area contributed by atoms with E-state index in [2.05, 4.69) is 109 Å². The van der Waals surface area contributed by atoms with Gasteiger partial charge in [-0.25, -0.2) is 0 Å². The molecule has 554 valence electrons. The van der Waals surface area contributed by atoms with Gasteiger partial charge in [-0.3, -0.25) is 28.8 Å². The van der Waals surface area contributed by atoms with Crippen molar-refractivity contribution in [3.63, 3.8) is 0 Å². The molecule has 2 aromatic rings. The van der Waals surface area contributed by atoms with Crippen LogP contribution in [0, 0.1) is 113 Å². The van der Waals surface area contributed by atoms with Crippen LogP contribution in [0.25, 0.3) is 0 Å². The van der Waals surface area contributed by atoms with Crippen LogP contribution in [-0.2, 0) is 75.1 Å². The quantitative estimate of drug-likeness (QED) is 0.0693. The summed E-state index contributed by atoms with van der Waals surface area (Å²) >= 11 is 4.74. The maximum Gasteiger partial charge on any atom is 0.318 e. The number of hydrogen-bond acceptors (Lipinski definition) is 14. The molecule has 0 unspecified atom stereocenters. The second-order valence-electron chi connectivity index (χ2n) is 35.5. The number of carboxylic acid groups (broad SMARTS) is 1. The molecule has 8 aliphatic carbocycles. The number of aliphatic carboxylic acids is 1. The normalized spacial score (nSPS) is 40.9. The summed E-state index contributed by atoms with van der Waals surface area (Å²) in [6, 6.07) is 20.0. The van der Waals surface area contributed by atoms with Gasteiger partial charge in [0.25, 0.3) is 0 Å². The van der Waals surface area contributed by atoms with Crippen molar-refractivity contribution in [2.45, 2.75) is 245 Å². The molecule has 22 atom stereocenters. The number of aliphatic hydroxyl groups excluding tert-OH is 1. The summed E-state index contributed by atoms with van der Waals surface area (Å²) in [7, 11) is 0. The number of hydrogen-bond donors (Lipinski definition) is 2. The summed E-state index contributed by atoms with van der Waals surface area (Å²) in [5, 5.41) is 19.1. The Balaban J connectivity index is 0.000000203. The highest BCUT2D eigenvalue weighted by Crippen LogP contribution is 2.77. The topological polar surface area (TPSA) is 207 Å². The fourth-order valence-corrected chi connectivity index (χ4v) is 24.0. The van der Waals surface area contributed by atoms with Gasteiger partial charge in [-0.2, -0.15) is 0 Å². The van der Waals surface area contributed by atoms with E-state index in [4.69, 9.17) is 49.9 Å². The Morgan fingerprint density at radius 1 is 0.550 bits per heavy atom. The summed E-state index contributed by atoms with van der Waals surface area (Å²) < 4.78 is 43.6. The van der Waals surface area contributed by atoms with Crippen molar-refractivity contribution in [2.24, 2.45) is 113 Å². The monoisotopic (exact) mass is 1400 g/mol. The van der Waals surface area contributed by atoms with Crippen molar-refractivity contribution in [1.29, 1.82) is 0 Å². The third-order valence-electron chi connectivity index (χ3n) is 30.1. The number of aliphatic hydroxyl groups is 1. The summed E-state index contributed by atoms with van der Waals surface area (Å²) in [5.41, 5.74) is 1.99. The zero-order valence-corrected chi connectivity index (χ0v) is 64.2. The van der Waals surface area contributed by atoms with Gasteiger partial charge in [0.15, 0.2) is 0 Å².